The van der Waals surface area contributed by atoms with Crippen molar-refractivity contribution in [2.45, 2.75) is 38.9 Å². The molecule has 0 spiro atoms. The lowest BCUT2D eigenvalue weighted by Gasteiger charge is -2.21. The number of hydrogen-bond donors (Lipinski definition) is 2. The molecule has 142 valence electrons. The van der Waals surface area contributed by atoms with Gasteiger partial charge in [-0.15, -0.1) is 0 Å². The fourth-order valence-electron chi connectivity index (χ4n) is 2.87. The fourth-order valence-corrected chi connectivity index (χ4v) is 2.87. The molecule has 1 aromatic rings. The number of anilines is 1. The minimum Gasteiger partial charge on any atom is -0.480 e. The third-order valence-corrected chi connectivity index (χ3v) is 4.41. The molecule has 1 aliphatic rings. The summed E-state index contributed by atoms with van der Waals surface area (Å²) in [7, 11) is 0. The smallest absolute Gasteiger partial charge is 0.391 e. The molecular weight excluding hydrogens is 353 g/mol. The van der Waals surface area contributed by atoms with E-state index in [1.165, 1.54) is 4.90 Å². The average molecular weight is 372 g/mol. The summed E-state index contributed by atoms with van der Waals surface area (Å²) in [6, 6.07) is 3.29. The SMILES string of the molecule is Cc1cccc(N2CC(C(=O)NC(CC(F)(F)F)C(=O)O)CC2=O)c1C. The molecule has 6 nitrogen and oxygen atoms in total. The van der Waals surface area contributed by atoms with Crippen molar-refractivity contribution in [3.63, 3.8) is 0 Å². The first-order chi connectivity index (χ1) is 12.0. The Morgan fingerprint density at radius 3 is 2.58 bits per heavy atom. The first-order valence-corrected chi connectivity index (χ1v) is 7.96. The molecule has 1 aromatic carbocycles. The Kier molecular flexibility index (Phi) is 5.58. The number of aryl methyl sites for hydroxylation is 1. The number of nitrogens with one attached hydrogen (secondary N) is 1. The van der Waals surface area contributed by atoms with Crippen LogP contribution >= 0.6 is 0 Å². The second kappa shape index (κ2) is 7.35. The lowest BCUT2D eigenvalue weighted by molar-refractivity contribution is -0.160. The second-order valence-corrected chi connectivity index (χ2v) is 6.34. The molecule has 0 saturated carbocycles. The Hall–Kier alpha value is -2.58. The van der Waals surface area contributed by atoms with Gasteiger partial charge in [0, 0.05) is 18.7 Å². The van der Waals surface area contributed by atoms with Crippen LogP contribution in [0.15, 0.2) is 18.2 Å². The molecular formula is C17H19F3N2O4. The van der Waals surface area contributed by atoms with Crippen LogP contribution in [0.25, 0.3) is 0 Å². The molecule has 1 saturated heterocycles. The number of aliphatic carboxylic acids is 1. The quantitative estimate of drug-likeness (QED) is 0.830. The van der Waals surface area contributed by atoms with Crippen LogP contribution in [0.1, 0.15) is 24.0 Å². The van der Waals surface area contributed by atoms with Crippen LogP contribution in [0.2, 0.25) is 0 Å². The van der Waals surface area contributed by atoms with Gasteiger partial charge < -0.3 is 15.3 Å². The normalized spacial score (nSPS) is 18.7. The number of carbonyl (C=O) groups is 3. The number of halogens is 3. The third-order valence-electron chi connectivity index (χ3n) is 4.41. The van der Waals surface area contributed by atoms with Crippen LogP contribution in [0, 0.1) is 19.8 Å². The van der Waals surface area contributed by atoms with Crippen molar-refractivity contribution in [3.8, 4) is 0 Å². The maximum atomic E-state index is 12.4. The van der Waals surface area contributed by atoms with Gasteiger partial charge >= 0.3 is 12.1 Å². The number of nitrogens with zero attached hydrogens (tertiary/aromatic N) is 1. The number of carbonyl (C=O) groups excluding carboxylic acids is 2. The number of amides is 2. The highest BCUT2D eigenvalue weighted by Gasteiger charge is 2.40. The highest BCUT2D eigenvalue weighted by atomic mass is 19.4. The van der Waals surface area contributed by atoms with Crippen LogP contribution in [-0.4, -0.2) is 41.7 Å². The highest BCUT2D eigenvalue weighted by Crippen LogP contribution is 2.30. The lowest BCUT2D eigenvalue weighted by atomic mass is 10.1. The largest absolute Gasteiger partial charge is 0.480 e. The number of hydrogen-bond acceptors (Lipinski definition) is 3. The van der Waals surface area contributed by atoms with Gasteiger partial charge in [-0.1, -0.05) is 12.1 Å². The summed E-state index contributed by atoms with van der Waals surface area (Å²) < 4.78 is 37.3. The van der Waals surface area contributed by atoms with Gasteiger partial charge in [-0.25, -0.2) is 4.79 Å². The fraction of sp³-hybridized carbons (Fsp3) is 0.471. The Labute approximate surface area is 148 Å². The number of benzene rings is 1. The Balaban J connectivity index is 2.11. The lowest BCUT2D eigenvalue weighted by Crippen LogP contribution is -2.46. The summed E-state index contributed by atoms with van der Waals surface area (Å²) in [5.74, 6) is -3.88. The van der Waals surface area contributed by atoms with E-state index in [4.69, 9.17) is 5.11 Å². The summed E-state index contributed by atoms with van der Waals surface area (Å²) in [4.78, 5) is 36.8. The van der Waals surface area contributed by atoms with E-state index in [-0.39, 0.29) is 18.9 Å². The van der Waals surface area contributed by atoms with E-state index in [1.54, 1.807) is 12.1 Å². The number of rotatable bonds is 5. The molecule has 2 atom stereocenters. The maximum absolute atomic E-state index is 12.4. The number of alkyl halides is 3. The summed E-state index contributed by atoms with van der Waals surface area (Å²) in [5.41, 5.74) is 2.46. The molecule has 0 bridgehead atoms. The molecule has 26 heavy (non-hydrogen) atoms. The van der Waals surface area contributed by atoms with E-state index in [0.29, 0.717) is 5.69 Å². The minimum absolute atomic E-state index is 0.00663. The standard InChI is InChI=1S/C17H19F3N2O4/c1-9-4-3-5-13(10(9)2)22-8-11(6-14(22)23)15(24)21-12(16(25)26)7-17(18,19)20/h3-5,11-12H,6-8H2,1-2H3,(H,21,24)(H,25,26). The van der Waals surface area contributed by atoms with Gasteiger partial charge in [0.15, 0.2) is 0 Å². The molecule has 9 heteroatoms. The van der Waals surface area contributed by atoms with Crippen molar-refractivity contribution in [2.75, 3.05) is 11.4 Å². The van der Waals surface area contributed by atoms with Crippen LogP contribution < -0.4 is 10.2 Å². The van der Waals surface area contributed by atoms with E-state index in [2.05, 4.69) is 0 Å². The minimum atomic E-state index is -4.73. The van der Waals surface area contributed by atoms with Crippen LogP contribution in [0.5, 0.6) is 0 Å². The summed E-state index contributed by atoms with van der Waals surface area (Å²) in [6.45, 7) is 3.70. The molecule has 2 unspecified atom stereocenters. The molecule has 2 rings (SSSR count). The Morgan fingerprint density at radius 2 is 2.00 bits per heavy atom. The van der Waals surface area contributed by atoms with Crippen molar-refractivity contribution >= 4 is 23.5 Å². The first-order valence-electron chi connectivity index (χ1n) is 7.96. The van der Waals surface area contributed by atoms with Crippen LogP contribution in [-0.2, 0) is 14.4 Å². The molecule has 1 aliphatic heterocycles. The number of carboxylic acid groups (broad SMARTS) is 1. The van der Waals surface area contributed by atoms with E-state index in [1.807, 2.05) is 25.2 Å². The van der Waals surface area contributed by atoms with Crippen molar-refractivity contribution in [1.82, 2.24) is 5.32 Å². The zero-order chi connectivity index (χ0) is 19.6. The predicted octanol–water partition coefficient (Wildman–Crippen LogP) is 2.18. The van der Waals surface area contributed by atoms with Crippen molar-refractivity contribution < 1.29 is 32.7 Å². The topological polar surface area (TPSA) is 86.7 Å². The predicted molar refractivity (Wildman–Crippen MR) is 86.6 cm³/mol. The maximum Gasteiger partial charge on any atom is 0.391 e. The molecule has 0 aromatic heterocycles. The second-order valence-electron chi connectivity index (χ2n) is 6.34. The Morgan fingerprint density at radius 1 is 1.35 bits per heavy atom. The van der Waals surface area contributed by atoms with E-state index in [0.717, 1.165) is 11.1 Å². The van der Waals surface area contributed by atoms with Crippen LogP contribution in [0.3, 0.4) is 0 Å². The molecule has 0 radical (unpaired) electrons. The molecule has 1 heterocycles. The van der Waals surface area contributed by atoms with Gasteiger partial charge in [-0.2, -0.15) is 13.2 Å². The summed E-state index contributed by atoms with van der Waals surface area (Å²) in [5, 5.41) is 10.8. The van der Waals surface area contributed by atoms with Gasteiger partial charge in [0.2, 0.25) is 11.8 Å². The zero-order valence-corrected chi connectivity index (χ0v) is 14.3. The number of carboxylic acids is 1. The summed E-state index contributed by atoms with van der Waals surface area (Å²) in [6.07, 6.45) is -6.58. The van der Waals surface area contributed by atoms with Gasteiger partial charge in [-0.3, -0.25) is 9.59 Å². The van der Waals surface area contributed by atoms with E-state index in [9.17, 15) is 27.6 Å². The van der Waals surface area contributed by atoms with E-state index < -0.39 is 36.4 Å². The first kappa shape index (κ1) is 19.7. The average Bonchev–Trinajstić information content (AvgIpc) is 2.90. The van der Waals surface area contributed by atoms with Gasteiger partial charge in [-0.05, 0) is 31.0 Å². The molecule has 2 N–H and O–H groups in total. The van der Waals surface area contributed by atoms with Gasteiger partial charge in [0.25, 0.3) is 0 Å². The van der Waals surface area contributed by atoms with Crippen molar-refractivity contribution in [3.05, 3.63) is 29.3 Å². The van der Waals surface area contributed by atoms with Gasteiger partial charge in [0.05, 0.1) is 12.3 Å². The molecule has 1 fully saturated rings. The monoisotopic (exact) mass is 372 g/mol. The van der Waals surface area contributed by atoms with E-state index >= 15 is 0 Å². The van der Waals surface area contributed by atoms with Crippen molar-refractivity contribution in [2.24, 2.45) is 5.92 Å². The molecule has 2 amide bonds. The summed E-state index contributed by atoms with van der Waals surface area (Å²) >= 11 is 0. The van der Waals surface area contributed by atoms with Gasteiger partial charge in [0.1, 0.15) is 6.04 Å². The van der Waals surface area contributed by atoms with Crippen LogP contribution in [0.4, 0.5) is 18.9 Å². The zero-order valence-electron chi connectivity index (χ0n) is 14.3. The van der Waals surface area contributed by atoms with Crippen molar-refractivity contribution in [1.29, 1.82) is 0 Å². The Bertz CT molecular complexity index is 733. The third kappa shape index (κ3) is 4.53. The molecule has 0 aliphatic carbocycles. The highest BCUT2D eigenvalue weighted by molar-refractivity contribution is 6.01.